The summed E-state index contributed by atoms with van der Waals surface area (Å²) in [7, 11) is 2.03. The third-order valence-electron chi connectivity index (χ3n) is 2.53. The predicted molar refractivity (Wildman–Crippen MR) is 45.5 cm³/mol. The zero-order valence-corrected chi connectivity index (χ0v) is 6.85. The zero-order chi connectivity index (χ0) is 7.68. The molecule has 2 heteroatoms. The van der Waals surface area contributed by atoms with Crippen LogP contribution in [-0.2, 0) is 6.42 Å². The standard InChI is InChI=1S/C9H14N2/c1-10-9-4-2-3-7-5-11-6-8(7)9/h5-6,9-11H,2-4H2,1H3. The Labute approximate surface area is 67.0 Å². The van der Waals surface area contributed by atoms with Crippen LogP contribution < -0.4 is 5.32 Å². The van der Waals surface area contributed by atoms with Crippen molar-refractivity contribution < 1.29 is 0 Å². The van der Waals surface area contributed by atoms with Crippen LogP contribution in [0.3, 0.4) is 0 Å². The van der Waals surface area contributed by atoms with E-state index in [9.17, 15) is 0 Å². The van der Waals surface area contributed by atoms with Crippen molar-refractivity contribution in [1.82, 2.24) is 10.3 Å². The summed E-state index contributed by atoms with van der Waals surface area (Å²) in [6.45, 7) is 0. The molecule has 0 radical (unpaired) electrons. The van der Waals surface area contributed by atoms with Gasteiger partial charge in [0.2, 0.25) is 0 Å². The Morgan fingerprint density at radius 3 is 3.27 bits per heavy atom. The lowest BCUT2D eigenvalue weighted by atomic mass is 9.91. The van der Waals surface area contributed by atoms with E-state index >= 15 is 0 Å². The largest absolute Gasteiger partial charge is 0.367 e. The Morgan fingerprint density at radius 2 is 2.45 bits per heavy atom. The van der Waals surface area contributed by atoms with Crippen LogP contribution in [0.25, 0.3) is 0 Å². The lowest BCUT2D eigenvalue weighted by Gasteiger charge is -2.21. The Hall–Kier alpha value is -0.760. The second kappa shape index (κ2) is 2.70. The van der Waals surface area contributed by atoms with Gasteiger partial charge in [-0.2, -0.15) is 0 Å². The SMILES string of the molecule is CNC1CCCc2c[nH]cc21. The number of H-pyrrole nitrogens is 1. The molecule has 0 bridgehead atoms. The Bertz CT molecular complexity index is 239. The highest BCUT2D eigenvalue weighted by atomic mass is 14.9. The van der Waals surface area contributed by atoms with Crippen LogP contribution in [0.1, 0.15) is 30.0 Å². The molecule has 0 saturated heterocycles. The Balaban J connectivity index is 2.32. The van der Waals surface area contributed by atoms with Crippen molar-refractivity contribution in [2.24, 2.45) is 0 Å². The van der Waals surface area contributed by atoms with Crippen LogP contribution in [-0.4, -0.2) is 12.0 Å². The second-order valence-electron chi connectivity index (χ2n) is 3.17. The van der Waals surface area contributed by atoms with Gasteiger partial charge in [-0.3, -0.25) is 0 Å². The lowest BCUT2D eigenvalue weighted by molar-refractivity contribution is 0.499. The van der Waals surface area contributed by atoms with E-state index in [-0.39, 0.29) is 0 Å². The lowest BCUT2D eigenvalue weighted by Crippen LogP contribution is -2.20. The summed E-state index contributed by atoms with van der Waals surface area (Å²) in [5.41, 5.74) is 2.97. The summed E-state index contributed by atoms with van der Waals surface area (Å²) in [5.74, 6) is 0. The second-order valence-corrected chi connectivity index (χ2v) is 3.17. The van der Waals surface area contributed by atoms with Crippen molar-refractivity contribution in [3.05, 3.63) is 23.5 Å². The van der Waals surface area contributed by atoms with Crippen LogP contribution in [0, 0.1) is 0 Å². The fourth-order valence-electron chi connectivity index (χ4n) is 1.90. The molecule has 0 aliphatic heterocycles. The smallest absolute Gasteiger partial charge is 0.0335 e. The highest BCUT2D eigenvalue weighted by Crippen LogP contribution is 2.28. The van der Waals surface area contributed by atoms with Gasteiger partial charge in [0.25, 0.3) is 0 Å². The molecule has 1 heterocycles. The van der Waals surface area contributed by atoms with Gasteiger partial charge in [-0.1, -0.05) is 0 Å². The van der Waals surface area contributed by atoms with E-state index in [4.69, 9.17) is 0 Å². The molecule has 1 aromatic heterocycles. The molecule has 0 spiro atoms. The van der Waals surface area contributed by atoms with E-state index in [1.165, 1.54) is 30.4 Å². The maximum Gasteiger partial charge on any atom is 0.0335 e. The summed E-state index contributed by atoms with van der Waals surface area (Å²) in [5, 5.41) is 3.33. The molecule has 2 nitrogen and oxygen atoms in total. The highest BCUT2D eigenvalue weighted by molar-refractivity contribution is 5.28. The van der Waals surface area contributed by atoms with Gasteiger partial charge in [0.15, 0.2) is 0 Å². The molecule has 2 N–H and O–H groups in total. The monoisotopic (exact) mass is 150 g/mol. The number of hydrogen-bond acceptors (Lipinski definition) is 1. The van der Waals surface area contributed by atoms with Crippen molar-refractivity contribution in [2.45, 2.75) is 25.3 Å². The van der Waals surface area contributed by atoms with Crippen molar-refractivity contribution in [1.29, 1.82) is 0 Å². The minimum atomic E-state index is 0.588. The number of aryl methyl sites for hydroxylation is 1. The number of fused-ring (bicyclic) bond motifs is 1. The van der Waals surface area contributed by atoms with Crippen LogP contribution in [0.15, 0.2) is 12.4 Å². The summed E-state index contributed by atoms with van der Waals surface area (Å²) in [4.78, 5) is 3.16. The Morgan fingerprint density at radius 1 is 1.55 bits per heavy atom. The first-order valence-electron chi connectivity index (χ1n) is 4.24. The molecule has 1 atom stereocenters. The van der Waals surface area contributed by atoms with Crippen molar-refractivity contribution >= 4 is 0 Å². The van der Waals surface area contributed by atoms with E-state index in [0.29, 0.717) is 6.04 Å². The van der Waals surface area contributed by atoms with E-state index in [0.717, 1.165) is 0 Å². The van der Waals surface area contributed by atoms with Gasteiger partial charge in [-0.15, -0.1) is 0 Å². The van der Waals surface area contributed by atoms with Crippen LogP contribution in [0.5, 0.6) is 0 Å². The minimum Gasteiger partial charge on any atom is -0.367 e. The molecular weight excluding hydrogens is 136 g/mol. The van der Waals surface area contributed by atoms with Crippen molar-refractivity contribution in [2.75, 3.05) is 7.05 Å². The van der Waals surface area contributed by atoms with Gasteiger partial charge in [-0.05, 0) is 37.4 Å². The summed E-state index contributed by atoms with van der Waals surface area (Å²) in [6, 6.07) is 0.588. The van der Waals surface area contributed by atoms with Crippen LogP contribution in [0.4, 0.5) is 0 Å². The van der Waals surface area contributed by atoms with Gasteiger partial charge in [-0.25, -0.2) is 0 Å². The average molecular weight is 150 g/mol. The molecule has 11 heavy (non-hydrogen) atoms. The first kappa shape index (κ1) is 6.92. The molecule has 1 aromatic rings. The molecular formula is C9H14N2. The highest BCUT2D eigenvalue weighted by Gasteiger charge is 2.18. The quantitative estimate of drug-likeness (QED) is 0.625. The van der Waals surface area contributed by atoms with Gasteiger partial charge in [0.1, 0.15) is 0 Å². The molecule has 1 aliphatic rings. The topological polar surface area (TPSA) is 27.8 Å². The molecule has 0 fully saturated rings. The molecule has 0 saturated carbocycles. The number of aromatic nitrogens is 1. The number of aromatic amines is 1. The third kappa shape index (κ3) is 1.07. The molecule has 1 aliphatic carbocycles. The first-order chi connectivity index (χ1) is 5.42. The minimum absolute atomic E-state index is 0.588. The molecule has 60 valence electrons. The van der Waals surface area contributed by atoms with E-state index in [1.54, 1.807) is 0 Å². The predicted octanol–water partition coefficient (Wildman–Crippen LogP) is 1.61. The fraction of sp³-hybridized carbons (Fsp3) is 0.556. The van der Waals surface area contributed by atoms with Crippen molar-refractivity contribution in [3.63, 3.8) is 0 Å². The van der Waals surface area contributed by atoms with Crippen LogP contribution in [0.2, 0.25) is 0 Å². The van der Waals surface area contributed by atoms with Gasteiger partial charge in [0, 0.05) is 18.4 Å². The maximum absolute atomic E-state index is 3.33. The normalized spacial score (nSPS) is 23.2. The van der Waals surface area contributed by atoms with Gasteiger partial charge < -0.3 is 10.3 Å². The van der Waals surface area contributed by atoms with Crippen LogP contribution >= 0.6 is 0 Å². The molecule has 0 aromatic carbocycles. The first-order valence-corrected chi connectivity index (χ1v) is 4.24. The van der Waals surface area contributed by atoms with Crippen molar-refractivity contribution in [3.8, 4) is 0 Å². The number of nitrogens with one attached hydrogen (secondary N) is 2. The average Bonchev–Trinajstić information content (AvgIpc) is 2.50. The van der Waals surface area contributed by atoms with E-state index in [1.807, 2.05) is 7.05 Å². The molecule has 1 unspecified atom stereocenters. The molecule has 0 amide bonds. The summed E-state index contributed by atoms with van der Waals surface area (Å²) < 4.78 is 0. The number of rotatable bonds is 1. The number of hydrogen-bond donors (Lipinski definition) is 2. The molecule has 2 rings (SSSR count). The zero-order valence-electron chi connectivity index (χ0n) is 6.85. The fourth-order valence-corrected chi connectivity index (χ4v) is 1.90. The summed E-state index contributed by atoms with van der Waals surface area (Å²) >= 11 is 0. The Kier molecular flexibility index (Phi) is 1.70. The van der Waals surface area contributed by atoms with E-state index in [2.05, 4.69) is 22.7 Å². The van der Waals surface area contributed by atoms with E-state index < -0.39 is 0 Å². The van der Waals surface area contributed by atoms with Gasteiger partial charge >= 0.3 is 0 Å². The maximum atomic E-state index is 3.33. The van der Waals surface area contributed by atoms with Gasteiger partial charge in [0.05, 0.1) is 0 Å². The third-order valence-corrected chi connectivity index (χ3v) is 2.53. The summed E-state index contributed by atoms with van der Waals surface area (Å²) in [6.07, 6.45) is 8.09.